The highest BCUT2D eigenvalue weighted by atomic mass is 32.2. The summed E-state index contributed by atoms with van der Waals surface area (Å²) in [6.45, 7) is 0.775. The Balaban J connectivity index is 1.89. The largest absolute Gasteiger partial charge is 0.279 e. The fourth-order valence-corrected chi connectivity index (χ4v) is 2.12. The topological polar surface area (TPSA) is 38.1 Å². The number of amides is 1. The number of hydrogen-bond acceptors (Lipinski definition) is 3. The maximum absolute atomic E-state index is 11.4. The lowest BCUT2D eigenvalue weighted by molar-refractivity contribution is -0.121. The van der Waals surface area contributed by atoms with E-state index < -0.39 is 0 Å². The van der Waals surface area contributed by atoms with Crippen LogP contribution in [-0.2, 0) is 11.8 Å². The summed E-state index contributed by atoms with van der Waals surface area (Å²) in [6.07, 6.45) is 10.1. The molecule has 5 heteroatoms. The Bertz CT molecular complexity index is 436. The molecule has 1 aliphatic heterocycles. The highest BCUT2D eigenvalue weighted by Gasteiger charge is 2.12. The Labute approximate surface area is 98.8 Å². The number of rotatable bonds is 3. The van der Waals surface area contributed by atoms with E-state index >= 15 is 0 Å². The van der Waals surface area contributed by atoms with Gasteiger partial charge in [0, 0.05) is 31.4 Å². The Morgan fingerprint density at radius 3 is 3.12 bits per heavy atom. The molecule has 16 heavy (non-hydrogen) atoms. The van der Waals surface area contributed by atoms with E-state index in [1.807, 2.05) is 30.8 Å². The van der Waals surface area contributed by atoms with Crippen LogP contribution in [0.3, 0.4) is 0 Å². The SMILES string of the molecule is Cn1cc(/C=C/SN2CCC=CC2=O)cn1. The Hall–Kier alpha value is -1.49. The van der Waals surface area contributed by atoms with Crippen LogP contribution in [0.2, 0.25) is 0 Å². The van der Waals surface area contributed by atoms with Crippen LogP contribution in [0.1, 0.15) is 12.0 Å². The lowest BCUT2D eigenvalue weighted by Crippen LogP contribution is -2.25. The van der Waals surface area contributed by atoms with Gasteiger partial charge in [-0.1, -0.05) is 6.08 Å². The molecule has 2 rings (SSSR count). The van der Waals surface area contributed by atoms with Crippen molar-refractivity contribution in [2.24, 2.45) is 7.05 Å². The number of hydrogen-bond donors (Lipinski definition) is 0. The van der Waals surface area contributed by atoms with Gasteiger partial charge in [0.2, 0.25) is 0 Å². The average molecular weight is 235 g/mol. The maximum Gasteiger partial charge on any atom is 0.256 e. The highest BCUT2D eigenvalue weighted by molar-refractivity contribution is 8.00. The normalized spacial score (nSPS) is 16.3. The van der Waals surface area contributed by atoms with Gasteiger partial charge in [0.15, 0.2) is 0 Å². The van der Waals surface area contributed by atoms with Crippen molar-refractivity contribution in [3.63, 3.8) is 0 Å². The van der Waals surface area contributed by atoms with Gasteiger partial charge in [0.05, 0.1) is 6.20 Å². The van der Waals surface area contributed by atoms with Crippen LogP contribution in [0.5, 0.6) is 0 Å². The summed E-state index contributed by atoms with van der Waals surface area (Å²) in [5, 5.41) is 5.97. The van der Waals surface area contributed by atoms with Crippen LogP contribution < -0.4 is 0 Å². The van der Waals surface area contributed by atoms with E-state index in [9.17, 15) is 4.79 Å². The summed E-state index contributed by atoms with van der Waals surface area (Å²) in [4.78, 5) is 11.4. The predicted octanol–water partition coefficient (Wildman–Crippen LogP) is 1.83. The molecule has 1 aromatic rings. The third kappa shape index (κ3) is 2.76. The van der Waals surface area contributed by atoms with Crippen molar-refractivity contribution in [1.29, 1.82) is 0 Å². The number of aromatic nitrogens is 2. The lowest BCUT2D eigenvalue weighted by atomic mass is 10.3. The summed E-state index contributed by atoms with van der Waals surface area (Å²) in [6, 6.07) is 0. The standard InChI is InChI=1S/C11H13N3OS/c1-13-9-10(8-12-13)5-7-16-14-6-3-2-4-11(14)15/h2,4-5,7-9H,3,6H2,1H3/b7-5+. The van der Waals surface area contributed by atoms with E-state index in [2.05, 4.69) is 5.10 Å². The molecule has 4 nitrogen and oxygen atoms in total. The first-order valence-electron chi connectivity index (χ1n) is 5.06. The average Bonchev–Trinajstić information content (AvgIpc) is 2.67. The van der Waals surface area contributed by atoms with Gasteiger partial charge < -0.3 is 0 Å². The summed E-state index contributed by atoms with van der Waals surface area (Å²) in [5.41, 5.74) is 1.04. The summed E-state index contributed by atoms with van der Waals surface area (Å²) in [7, 11) is 1.88. The molecule has 1 aliphatic rings. The van der Waals surface area contributed by atoms with E-state index in [4.69, 9.17) is 0 Å². The zero-order valence-corrected chi connectivity index (χ0v) is 9.85. The first kappa shape index (κ1) is 11.0. The molecule has 0 fully saturated rings. The summed E-state index contributed by atoms with van der Waals surface area (Å²) in [5.74, 6) is 0.0621. The zero-order valence-electron chi connectivity index (χ0n) is 9.04. The minimum Gasteiger partial charge on any atom is -0.279 e. The second-order valence-corrected chi connectivity index (χ2v) is 4.41. The van der Waals surface area contributed by atoms with Crippen molar-refractivity contribution in [2.75, 3.05) is 6.54 Å². The maximum atomic E-state index is 11.4. The highest BCUT2D eigenvalue weighted by Crippen LogP contribution is 2.17. The molecule has 0 aromatic carbocycles. The van der Waals surface area contributed by atoms with Gasteiger partial charge in [0.1, 0.15) is 0 Å². The molecular formula is C11H13N3OS. The molecule has 0 N–H and O–H groups in total. The van der Waals surface area contributed by atoms with E-state index in [1.54, 1.807) is 21.3 Å². The molecule has 0 bridgehead atoms. The molecule has 1 amide bonds. The molecule has 2 heterocycles. The van der Waals surface area contributed by atoms with Crippen LogP contribution in [0.15, 0.2) is 30.0 Å². The molecule has 0 atom stereocenters. The molecule has 0 saturated carbocycles. The van der Waals surface area contributed by atoms with Crippen LogP contribution in [0.4, 0.5) is 0 Å². The minimum absolute atomic E-state index is 0.0621. The van der Waals surface area contributed by atoms with Gasteiger partial charge in [-0.25, -0.2) is 0 Å². The summed E-state index contributed by atoms with van der Waals surface area (Å²) >= 11 is 1.42. The number of aryl methyl sites for hydroxylation is 1. The van der Waals surface area contributed by atoms with Gasteiger partial charge in [0.25, 0.3) is 5.91 Å². The Morgan fingerprint density at radius 1 is 1.56 bits per heavy atom. The van der Waals surface area contributed by atoms with E-state index in [1.165, 1.54) is 11.9 Å². The molecule has 0 saturated heterocycles. The first-order valence-corrected chi connectivity index (χ1v) is 5.89. The Morgan fingerprint density at radius 2 is 2.44 bits per heavy atom. The van der Waals surface area contributed by atoms with Crippen molar-refractivity contribution in [3.05, 3.63) is 35.5 Å². The first-order chi connectivity index (χ1) is 7.75. The van der Waals surface area contributed by atoms with Crippen molar-refractivity contribution in [3.8, 4) is 0 Å². The third-order valence-corrected chi connectivity index (χ3v) is 3.05. The van der Waals surface area contributed by atoms with Gasteiger partial charge in [-0.05, 0) is 29.9 Å². The monoisotopic (exact) mass is 235 g/mol. The van der Waals surface area contributed by atoms with E-state index in [0.29, 0.717) is 0 Å². The fraction of sp³-hybridized carbons (Fsp3) is 0.273. The summed E-state index contributed by atoms with van der Waals surface area (Å²) < 4.78 is 3.49. The zero-order chi connectivity index (χ0) is 11.4. The van der Waals surface area contributed by atoms with Crippen LogP contribution in [0, 0.1) is 0 Å². The number of carbonyl (C=O) groups is 1. The third-order valence-electron chi connectivity index (χ3n) is 2.18. The smallest absolute Gasteiger partial charge is 0.256 e. The van der Waals surface area contributed by atoms with Gasteiger partial charge in [-0.2, -0.15) is 5.10 Å². The molecule has 0 radical (unpaired) electrons. The quantitative estimate of drug-likeness (QED) is 0.750. The molecule has 0 unspecified atom stereocenters. The lowest BCUT2D eigenvalue weighted by Gasteiger charge is -2.19. The van der Waals surface area contributed by atoms with Crippen molar-refractivity contribution in [2.45, 2.75) is 6.42 Å². The predicted molar refractivity (Wildman–Crippen MR) is 65.3 cm³/mol. The van der Waals surface area contributed by atoms with Gasteiger partial charge in [-0.3, -0.25) is 13.8 Å². The van der Waals surface area contributed by atoms with E-state index in [-0.39, 0.29) is 5.91 Å². The van der Waals surface area contributed by atoms with Crippen molar-refractivity contribution >= 4 is 23.9 Å². The number of carbonyl (C=O) groups excluding carboxylic acids is 1. The second-order valence-electron chi connectivity index (χ2n) is 3.49. The fourth-order valence-electron chi connectivity index (χ4n) is 1.38. The molecule has 1 aromatic heterocycles. The van der Waals surface area contributed by atoms with Crippen LogP contribution >= 0.6 is 11.9 Å². The molecule has 0 aliphatic carbocycles. The van der Waals surface area contributed by atoms with Crippen molar-refractivity contribution in [1.82, 2.24) is 14.1 Å². The van der Waals surface area contributed by atoms with Gasteiger partial charge in [-0.15, -0.1) is 0 Å². The minimum atomic E-state index is 0.0621. The number of nitrogens with zero attached hydrogens (tertiary/aromatic N) is 3. The van der Waals surface area contributed by atoms with Crippen LogP contribution in [-0.4, -0.2) is 26.5 Å². The molecule has 84 valence electrons. The van der Waals surface area contributed by atoms with Crippen LogP contribution in [0.25, 0.3) is 6.08 Å². The second kappa shape index (κ2) is 5.03. The Kier molecular flexibility index (Phi) is 3.46. The van der Waals surface area contributed by atoms with E-state index in [0.717, 1.165) is 18.5 Å². The molecule has 0 spiro atoms. The van der Waals surface area contributed by atoms with Crippen molar-refractivity contribution < 1.29 is 4.79 Å². The van der Waals surface area contributed by atoms with Gasteiger partial charge >= 0.3 is 0 Å². The molecular weight excluding hydrogens is 222 g/mol.